The minimum absolute atomic E-state index is 0.0441. The van der Waals surface area contributed by atoms with Crippen LogP contribution in [0.1, 0.15) is 41.7 Å². The zero-order chi connectivity index (χ0) is 22.5. The SMILES string of the molecule is O=C(NC1CCCCCN(C(=O)C(O)Cc2cc(Cl)sc2Cl)C1)c1cc(=O)[nH]c(=O)[nH]1. The molecule has 2 aromatic rings. The minimum atomic E-state index is -1.29. The van der Waals surface area contributed by atoms with Gasteiger partial charge in [0.25, 0.3) is 17.4 Å². The van der Waals surface area contributed by atoms with Crippen molar-refractivity contribution in [1.82, 2.24) is 20.2 Å². The molecule has 1 saturated heterocycles. The summed E-state index contributed by atoms with van der Waals surface area (Å²) in [5.74, 6) is -1.06. The van der Waals surface area contributed by atoms with Crippen molar-refractivity contribution in [3.05, 3.63) is 52.9 Å². The first-order valence-electron chi connectivity index (χ1n) is 9.78. The number of rotatable bonds is 5. The molecule has 2 atom stereocenters. The van der Waals surface area contributed by atoms with Gasteiger partial charge in [-0.05, 0) is 24.5 Å². The summed E-state index contributed by atoms with van der Waals surface area (Å²) in [4.78, 5) is 54.0. The molecule has 9 nitrogen and oxygen atoms in total. The van der Waals surface area contributed by atoms with Crippen molar-refractivity contribution in [2.45, 2.75) is 44.2 Å². The van der Waals surface area contributed by atoms with Crippen LogP contribution in [0.5, 0.6) is 0 Å². The van der Waals surface area contributed by atoms with Gasteiger partial charge in [0.1, 0.15) is 11.8 Å². The maximum absolute atomic E-state index is 12.9. The Kier molecular flexibility index (Phi) is 7.93. The Morgan fingerprint density at radius 1 is 1.23 bits per heavy atom. The Balaban J connectivity index is 1.68. The van der Waals surface area contributed by atoms with Crippen LogP contribution in [0.25, 0.3) is 0 Å². The lowest BCUT2D eigenvalue weighted by molar-refractivity contribution is -0.140. The zero-order valence-corrected chi connectivity index (χ0v) is 18.8. The van der Waals surface area contributed by atoms with Crippen molar-refractivity contribution in [1.29, 1.82) is 0 Å². The molecular weight excluding hydrogens is 467 g/mol. The fourth-order valence-electron chi connectivity index (χ4n) is 3.51. The molecule has 168 valence electrons. The molecule has 1 aliphatic heterocycles. The summed E-state index contributed by atoms with van der Waals surface area (Å²) in [6.07, 6.45) is 1.87. The van der Waals surface area contributed by atoms with Crippen LogP contribution in [0.4, 0.5) is 0 Å². The second-order valence-corrected chi connectivity index (χ2v) is 9.66. The van der Waals surface area contributed by atoms with E-state index in [-0.39, 0.29) is 18.7 Å². The van der Waals surface area contributed by atoms with Crippen molar-refractivity contribution in [2.75, 3.05) is 13.1 Å². The Morgan fingerprint density at radius 2 is 2.00 bits per heavy atom. The summed E-state index contributed by atoms with van der Waals surface area (Å²) in [6, 6.07) is 2.23. The van der Waals surface area contributed by atoms with Gasteiger partial charge in [-0.3, -0.25) is 19.4 Å². The number of carbonyl (C=O) groups excluding carboxylic acids is 2. The number of nitrogens with zero attached hydrogens (tertiary/aromatic N) is 1. The molecule has 0 aromatic carbocycles. The smallest absolute Gasteiger partial charge is 0.326 e. The first-order chi connectivity index (χ1) is 14.7. The van der Waals surface area contributed by atoms with Crippen LogP contribution in [0.15, 0.2) is 21.7 Å². The molecule has 3 heterocycles. The third-order valence-electron chi connectivity index (χ3n) is 5.00. The first-order valence-corrected chi connectivity index (χ1v) is 11.3. The fraction of sp³-hybridized carbons (Fsp3) is 0.474. The van der Waals surface area contributed by atoms with E-state index in [1.807, 2.05) is 4.98 Å². The molecule has 12 heteroatoms. The van der Waals surface area contributed by atoms with Gasteiger partial charge in [-0.1, -0.05) is 36.0 Å². The molecule has 4 N–H and O–H groups in total. The number of nitrogens with one attached hydrogen (secondary N) is 3. The van der Waals surface area contributed by atoms with Gasteiger partial charge in [-0.2, -0.15) is 0 Å². The molecule has 3 rings (SSSR count). The van der Waals surface area contributed by atoms with Crippen LogP contribution < -0.4 is 16.6 Å². The Bertz CT molecular complexity index is 1040. The molecule has 1 aliphatic rings. The average Bonchev–Trinajstić information content (AvgIpc) is 2.99. The Hall–Kier alpha value is -2.14. The van der Waals surface area contributed by atoms with Gasteiger partial charge in [0.2, 0.25) is 0 Å². The predicted octanol–water partition coefficient (Wildman–Crippen LogP) is 1.54. The lowest BCUT2D eigenvalue weighted by Gasteiger charge is -2.32. The van der Waals surface area contributed by atoms with Crippen LogP contribution in [0.2, 0.25) is 8.67 Å². The number of amides is 2. The number of aromatic nitrogens is 2. The van der Waals surface area contributed by atoms with Crippen molar-refractivity contribution >= 4 is 46.4 Å². The Labute approximate surface area is 191 Å². The Morgan fingerprint density at radius 3 is 2.68 bits per heavy atom. The monoisotopic (exact) mass is 488 g/mol. The van der Waals surface area contributed by atoms with Gasteiger partial charge in [-0.25, -0.2) is 4.79 Å². The highest BCUT2D eigenvalue weighted by molar-refractivity contribution is 7.20. The number of aliphatic hydroxyl groups excluding tert-OH is 1. The molecule has 0 bridgehead atoms. The number of hydrogen-bond donors (Lipinski definition) is 4. The summed E-state index contributed by atoms with van der Waals surface area (Å²) in [7, 11) is 0. The minimum Gasteiger partial charge on any atom is -0.383 e. The van der Waals surface area contributed by atoms with E-state index in [0.29, 0.717) is 27.2 Å². The molecule has 0 aliphatic carbocycles. The van der Waals surface area contributed by atoms with Gasteiger partial charge >= 0.3 is 5.69 Å². The number of thiophene rings is 1. The molecule has 0 saturated carbocycles. The summed E-state index contributed by atoms with van der Waals surface area (Å²) in [5.41, 5.74) is -1.01. The van der Waals surface area contributed by atoms with Crippen molar-refractivity contribution in [2.24, 2.45) is 0 Å². The number of aromatic amines is 2. The second-order valence-electron chi connectivity index (χ2n) is 7.37. The van der Waals surface area contributed by atoms with E-state index in [1.54, 1.807) is 6.07 Å². The number of likely N-dealkylation sites (tertiary alicyclic amines) is 1. The predicted molar refractivity (Wildman–Crippen MR) is 118 cm³/mol. The maximum atomic E-state index is 12.9. The molecule has 2 aromatic heterocycles. The second kappa shape index (κ2) is 10.4. The van der Waals surface area contributed by atoms with Crippen molar-refractivity contribution in [3.8, 4) is 0 Å². The van der Waals surface area contributed by atoms with Crippen LogP contribution in [-0.2, 0) is 11.2 Å². The van der Waals surface area contributed by atoms with Gasteiger partial charge in [0.05, 0.1) is 8.67 Å². The van der Waals surface area contributed by atoms with Crippen LogP contribution >= 0.6 is 34.5 Å². The van der Waals surface area contributed by atoms with Gasteiger partial charge in [-0.15, -0.1) is 11.3 Å². The van der Waals surface area contributed by atoms with E-state index in [0.717, 1.165) is 25.3 Å². The molecule has 1 fully saturated rings. The molecule has 31 heavy (non-hydrogen) atoms. The number of aliphatic hydroxyl groups is 1. The summed E-state index contributed by atoms with van der Waals surface area (Å²) >= 11 is 13.2. The number of carbonyl (C=O) groups is 2. The van der Waals surface area contributed by atoms with Crippen LogP contribution in [0, 0.1) is 0 Å². The lowest BCUT2D eigenvalue weighted by atomic mass is 10.0. The van der Waals surface area contributed by atoms with Crippen LogP contribution in [0.3, 0.4) is 0 Å². The van der Waals surface area contributed by atoms with E-state index in [1.165, 1.54) is 16.2 Å². The molecule has 0 radical (unpaired) electrons. The third-order valence-corrected chi connectivity index (χ3v) is 6.57. The molecule has 2 amide bonds. The first kappa shape index (κ1) is 23.5. The highest BCUT2D eigenvalue weighted by Gasteiger charge is 2.28. The van der Waals surface area contributed by atoms with Gasteiger partial charge < -0.3 is 20.3 Å². The summed E-state index contributed by atoms with van der Waals surface area (Å²) < 4.78 is 0.910. The highest BCUT2D eigenvalue weighted by Crippen LogP contribution is 2.32. The highest BCUT2D eigenvalue weighted by atomic mass is 35.5. The largest absolute Gasteiger partial charge is 0.383 e. The van der Waals surface area contributed by atoms with Gasteiger partial charge in [0, 0.05) is 31.6 Å². The number of halogens is 2. The fourth-order valence-corrected chi connectivity index (χ4v) is 5.02. The standard InChI is InChI=1S/C19H22Cl2N4O5S/c20-14-7-10(16(21)31-14)6-13(26)18(29)25-5-3-1-2-4-11(9-25)22-17(28)12-8-15(27)24-19(30)23-12/h7-8,11,13,26H,1-6,9H2,(H,22,28)(H2,23,24,27,30). The zero-order valence-electron chi connectivity index (χ0n) is 16.5. The van der Waals surface area contributed by atoms with Crippen molar-refractivity contribution in [3.63, 3.8) is 0 Å². The molecule has 2 unspecified atom stereocenters. The average molecular weight is 489 g/mol. The van der Waals surface area contributed by atoms with E-state index < -0.39 is 35.2 Å². The summed E-state index contributed by atoms with van der Waals surface area (Å²) in [5, 5.41) is 13.2. The quantitative estimate of drug-likeness (QED) is 0.505. The van der Waals surface area contributed by atoms with E-state index in [2.05, 4.69) is 10.3 Å². The van der Waals surface area contributed by atoms with Gasteiger partial charge in [0.15, 0.2) is 0 Å². The lowest BCUT2D eigenvalue weighted by Crippen LogP contribution is -2.50. The normalized spacial score (nSPS) is 18.2. The number of H-pyrrole nitrogens is 2. The van der Waals surface area contributed by atoms with E-state index in [4.69, 9.17) is 23.2 Å². The van der Waals surface area contributed by atoms with Crippen LogP contribution in [-0.4, -0.2) is 57.0 Å². The maximum Gasteiger partial charge on any atom is 0.326 e. The topological polar surface area (TPSA) is 135 Å². The third kappa shape index (κ3) is 6.42. The molecular formula is C19H22Cl2N4O5S. The van der Waals surface area contributed by atoms with Crippen molar-refractivity contribution < 1.29 is 14.7 Å². The number of hydrogen-bond acceptors (Lipinski definition) is 6. The summed E-state index contributed by atoms with van der Waals surface area (Å²) in [6.45, 7) is 0.648. The van der Waals surface area contributed by atoms with E-state index >= 15 is 0 Å². The molecule has 0 spiro atoms. The van der Waals surface area contributed by atoms with E-state index in [9.17, 15) is 24.3 Å².